The Balaban J connectivity index is 1.58. The molecule has 27 heavy (non-hydrogen) atoms. The minimum Gasteiger partial charge on any atom is -0.368 e. The predicted molar refractivity (Wildman–Crippen MR) is 110 cm³/mol. The van der Waals surface area contributed by atoms with Gasteiger partial charge in [-0.25, -0.2) is 4.98 Å². The van der Waals surface area contributed by atoms with Gasteiger partial charge in [-0.05, 0) is 44.4 Å². The first-order valence-corrected chi connectivity index (χ1v) is 9.85. The standard InChI is InChI=1S/C21H28N6/c1-5-6-19-23-21-22-17(4)14-20(27(21)24-19)26-11-9-25(10-12-26)18-13-15(2)7-8-16(18)3/h7-8,13-14H,5-6,9-12H2,1-4H3. The Morgan fingerprint density at radius 2 is 1.67 bits per heavy atom. The molecular formula is C21H28N6. The van der Waals surface area contributed by atoms with Crippen molar-refractivity contribution in [2.45, 2.75) is 40.5 Å². The molecule has 0 aliphatic carbocycles. The van der Waals surface area contributed by atoms with Gasteiger partial charge in [0.05, 0.1) is 0 Å². The summed E-state index contributed by atoms with van der Waals surface area (Å²) in [6.07, 6.45) is 1.93. The van der Waals surface area contributed by atoms with Gasteiger partial charge in [-0.2, -0.15) is 9.50 Å². The molecule has 4 rings (SSSR count). The number of aryl methyl sites for hydroxylation is 4. The molecule has 142 valence electrons. The maximum Gasteiger partial charge on any atom is 0.254 e. The minimum absolute atomic E-state index is 0.713. The maximum atomic E-state index is 4.71. The summed E-state index contributed by atoms with van der Waals surface area (Å²) in [4.78, 5) is 14.1. The van der Waals surface area contributed by atoms with Crippen LogP contribution in [0.4, 0.5) is 11.5 Å². The third kappa shape index (κ3) is 3.48. The molecule has 6 nitrogen and oxygen atoms in total. The fourth-order valence-electron chi connectivity index (χ4n) is 3.80. The van der Waals surface area contributed by atoms with Gasteiger partial charge >= 0.3 is 0 Å². The summed E-state index contributed by atoms with van der Waals surface area (Å²) in [5, 5.41) is 4.71. The smallest absolute Gasteiger partial charge is 0.254 e. The Hall–Kier alpha value is -2.63. The molecule has 0 bridgehead atoms. The van der Waals surface area contributed by atoms with Crippen LogP contribution in [0, 0.1) is 20.8 Å². The molecular weight excluding hydrogens is 336 g/mol. The monoisotopic (exact) mass is 364 g/mol. The van der Waals surface area contributed by atoms with Gasteiger partial charge in [-0.15, -0.1) is 5.10 Å². The number of aromatic nitrogens is 4. The molecule has 2 aromatic heterocycles. The Kier molecular flexibility index (Phi) is 4.72. The van der Waals surface area contributed by atoms with Crippen molar-refractivity contribution >= 4 is 17.3 Å². The van der Waals surface area contributed by atoms with E-state index in [-0.39, 0.29) is 0 Å². The molecule has 1 saturated heterocycles. The number of nitrogens with zero attached hydrogens (tertiary/aromatic N) is 6. The van der Waals surface area contributed by atoms with E-state index in [1.54, 1.807) is 0 Å². The van der Waals surface area contributed by atoms with Crippen LogP contribution >= 0.6 is 0 Å². The highest BCUT2D eigenvalue weighted by atomic mass is 15.4. The Morgan fingerprint density at radius 1 is 0.926 bits per heavy atom. The number of hydrogen-bond acceptors (Lipinski definition) is 5. The summed E-state index contributed by atoms with van der Waals surface area (Å²) in [5.74, 6) is 2.70. The second-order valence-corrected chi connectivity index (χ2v) is 7.51. The van der Waals surface area contributed by atoms with Crippen molar-refractivity contribution in [2.75, 3.05) is 36.0 Å². The van der Waals surface area contributed by atoms with Crippen LogP contribution in [0.1, 0.15) is 36.0 Å². The van der Waals surface area contributed by atoms with Crippen molar-refractivity contribution in [1.29, 1.82) is 0 Å². The molecule has 0 radical (unpaired) electrons. The average molecular weight is 364 g/mol. The lowest BCUT2D eigenvalue weighted by molar-refractivity contribution is 0.636. The van der Waals surface area contributed by atoms with Crippen LogP contribution in [0.5, 0.6) is 0 Å². The van der Waals surface area contributed by atoms with E-state index >= 15 is 0 Å². The highest BCUT2D eigenvalue weighted by Crippen LogP contribution is 2.25. The van der Waals surface area contributed by atoms with E-state index in [1.165, 1.54) is 16.8 Å². The maximum absolute atomic E-state index is 4.71. The number of rotatable bonds is 4. The molecule has 0 N–H and O–H groups in total. The van der Waals surface area contributed by atoms with Crippen LogP contribution in [-0.2, 0) is 6.42 Å². The summed E-state index contributed by atoms with van der Waals surface area (Å²) in [5.41, 5.74) is 5.01. The van der Waals surface area contributed by atoms with Crippen LogP contribution in [0.3, 0.4) is 0 Å². The number of piperazine rings is 1. The van der Waals surface area contributed by atoms with Gasteiger partial charge in [0.1, 0.15) is 5.82 Å². The van der Waals surface area contributed by atoms with Crippen LogP contribution < -0.4 is 9.80 Å². The van der Waals surface area contributed by atoms with Crippen LogP contribution in [0.25, 0.3) is 5.78 Å². The third-order valence-corrected chi connectivity index (χ3v) is 5.25. The van der Waals surface area contributed by atoms with E-state index in [2.05, 4.69) is 64.8 Å². The van der Waals surface area contributed by atoms with Gasteiger partial charge in [-0.3, -0.25) is 0 Å². The van der Waals surface area contributed by atoms with E-state index in [1.807, 2.05) is 11.4 Å². The van der Waals surface area contributed by atoms with E-state index in [4.69, 9.17) is 5.10 Å². The molecule has 0 amide bonds. The van der Waals surface area contributed by atoms with Crippen molar-refractivity contribution in [1.82, 2.24) is 19.6 Å². The van der Waals surface area contributed by atoms with Crippen LogP contribution in [0.15, 0.2) is 24.3 Å². The molecule has 0 unspecified atom stereocenters. The summed E-state index contributed by atoms with van der Waals surface area (Å²) in [6.45, 7) is 12.5. The van der Waals surface area contributed by atoms with Crippen molar-refractivity contribution in [3.05, 3.63) is 46.9 Å². The predicted octanol–water partition coefficient (Wildman–Crippen LogP) is 3.33. The fourth-order valence-corrected chi connectivity index (χ4v) is 3.80. The lowest BCUT2D eigenvalue weighted by Gasteiger charge is -2.38. The molecule has 3 heterocycles. The van der Waals surface area contributed by atoms with E-state index in [0.29, 0.717) is 5.78 Å². The normalized spacial score (nSPS) is 15.0. The van der Waals surface area contributed by atoms with Crippen molar-refractivity contribution in [2.24, 2.45) is 0 Å². The highest BCUT2D eigenvalue weighted by molar-refractivity contribution is 5.57. The third-order valence-electron chi connectivity index (χ3n) is 5.25. The highest BCUT2D eigenvalue weighted by Gasteiger charge is 2.22. The first-order valence-electron chi connectivity index (χ1n) is 9.85. The number of anilines is 2. The van der Waals surface area contributed by atoms with Gasteiger partial charge in [-0.1, -0.05) is 19.1 Å². The molecule has 1 aliphatic rings. The zero-order valence-corrected chi connectivity index (χ0v) is 16.7. The lowest BCUT2D eigenvalue weighted by atomic mass is 10.1. The van der Waals surface area contributed by atoms with Crippen molar-refractivity contribution in [3.8, 4) is 0 Å². The largest absolute Gasteiger partial charge is 0.368 e. The first kappa shape index (κ1) is 17.8. The Bertz CT molecular complexity index is 953. The molecule has 0 saturated carbocycles. The SMILES string of the molecule is CCCc1nc2nc(C)cc(N3CCN(c4cc(C)ccc4C)CC3)n2n1. The van der Waals surface area contributed by atoms with E-state index in [9.17, 15) is 0 Å². The second kappa shape index (κ2) is 7.18. The molecule has 3 aromatic rings. The molecule has 1 aromatic carbocycles. The van der Waals surface area contributed by atoms with Gasteiger partial charge in [0.15, 0.2) is 5.82 Å². The van der Waals surface area contributed by atoms with Gasteiger partial charge < -0.3 is 9.80 Å². The fraction of sp³-hybridized carbons (Fsp3) is 0.476. The summed E-state index contributed by atoms with van der Waals surface area (Å²) in [6, 6.07) is 8.83. The summed E-state index contributed by atoms with van der Waals surface area (Å²) in [7, 11) is 0. The molecule has 1 fully saturated rings. The zero-order valence-electron chi connectivity index (χ0n) is 16.7. The quantitative estimate of drug-likeness (QED) is 0.711. The topological polar surface area (TPSA) is 49.6 Å². The first-order chi connectivity index (χ1) is 13.0. The van der Waals surface area contributed by atoms with Gasteiger partial charge in [0.2, 0.25) is 0 Å². The molecule has 0 spiro atoms. The molecule has 0 atom stereocenters. The van der Waals surface area contributed by atoms with Gasteiger partial charge in [0.25, 0.3) is 5.78 Å². The molecule has 6 heteroatoms. The van der Waals surface area contributed by atoms with Crippen molar-refractivity contribution < 1.29 is 0 Å². The van der Waals surface area contributed by atoms with E-state index in [0.717, 1.165) is 56.4 Å². The average Bonchev–Trinajstić information content (AvgIpc) is 3.06. The Labute approximate surface area is 160 Å². The molecule has 1 aliphatic heterocycles. The minimum atomic E-state index is 0.713. The number of hydrogen-bond donors (Lipinski definition) is 0. The van der Waals surface area contributed by atoms with E-state index < -0.39 is 0 Å². The lowest BCUT2D eigenvalue weighted by Crippen LogP contribution is -2.47. The second-order valence-electron chi connectivity index (χ2n) is 7.51. The van der Waals surface area contributed by atoms with Crippen LogP contribution in [-0.4, -0.2) is 45.8 Å². The number of fused-ring (bicyclic) bond motifs is 1. The van der Waals surface area contributed by atoms with Crippen molar-refractivity contribution in [3.63, 3.8) is 0 Å². The summed E-state index contributed by atoms with van der Waals surface area (Å²) < 4.78 is 1.92. The number of benzene rings is 1. The summed E-state index contributed by atoms with van der Waals surface area (Å²) >= 11 is 0. The zero-order chi connectivity index (χ0) is 19.0. The Morgan fingerprint density at radius 3 is 2.41 bits per heavy atom. The van der Waals surface area contributed by atoms with Gasteiger partial charge in [0, 0.05) is 50.0 Å². The van der Waals surface area contributed by atoms with Crippen LogP contribution in [0.2, 0.25) is 0 Å².